The molecule has 1 aromatic rings. The minimum Gasteiger partial charge on any atom is -0.444 e. The number of rotatable bonds is 4. The number of carbonyl (C=O) groups is 2. The predicted molar refractivity (Wildman–Crippen MR) is 69.4 cm³/mol. The topological polar surface area (TPSA) is 85.3 Å². The average Bonchev–Trinajstić information content (AvgIpc) is 2.71. The molecule has 0 aliphatic heterocycles. The summed E-state index contributed by atoms with van der Waals surface area (Å²) in [6.07, 6.45) is 2.64. The average molecular weight is 268 g/mol. The number of alkyl carbamates (subject to hydrolysis) is 1. The summed E-state index contributed by atoms with van der Waals surface area (Å²) in [6, 6.07) is 0. The third-order valence-corrected chi connectivity index (χ3v) is 2.20. The molecule has 0 bridgehead atoms. The summed E-state index contributed by atoms with van der Waals surface area (Å²) in [5.41, 5.74) is 0.196. The molecule has 0 spiro atoms. The molecule has 19 heavy (non-hydrogen) atoms. The second-order valence-corrected chi connectivity index (χ2v) is 5.04. The van der Waals surface area contributed by atoms with Crippen LogP contribution in [0, 0.1) is 0 Å². The summed E-state index contributed by atoms with van der Waals surface area (Å²) in [5, 5.41) is 5.15. The molecule has 0 aliphatic carbocycles. The maximum atomic E-state index is 11.5. The van der Waals surface area contributed by atoms with E-state index < -0.39 is 11.7 Å². The number of hydrogen-bond acceptors (Lipinski definition) is 4. The molecule has 0 fully saturated rings. The SMILES string of the molecule is CNC(=O)Cn1cncc1CNC(=O)OC(C)(C)C. The third-order valence-electron chi connectivity index (χ3n) is 2.20. The van der Waals surface area contributed by atoms with Gasteiger partial charge in [0.25, 0.3) is 0 Å². The van der Waals surface area contributed by atoms with Crippen molar-refractivity contribution in [2.24, 2.45) is 0 Å². The zero-order valence-corrected chi connectivity index (χ0v) is 11.7. The van der Waals surface area contributed by atoms with Crippen LogP contribution in [0.15, 0.2) is 12.5 Å². The van der Waals surface area contributed by atoms with Gasteiger partial charge in [0.05, 0.1) is 18.6 Å². The standard InChI is InChI=1S/C12H20N4O3/c1-12(2,3)19-11(18)15-6-9-5-14-8-16(9)7-10(17)13-4/h5,8H,6-7H2,1-4H3,(H,13,17)(H,15,18). The normalized spacial score (nSPS) is 10.9. The van der Waals surface area contributed by atoms with Crippen molar-refractivity contribution in [1.82, 2.24) is 20.2 Å². The van der Waals surface area contributed by atoms with Crippen LogP contribution in [0.4, 0.5) is 4.79 Å². The first-order valence-corrected chi connectivity index (χ1v) is 5.98. The molecule has 7 nitrogen and oxygen atoms in total. The van der Waals surface area contributed by atoms with E-state index in [2.05, 4.69) is 15.6 Å². The van der Waals surface area contributed by atoms with Crippen LogP contribution >= 0.6 is 0 Å². The van der Waals surface area contributed by atoms with E-state index in [0.717, 1.165) is 5.69 Å². The van der Waals surface area contributed by atoms with Gasteiger partial charge in [0.15, 0.2) is 0 Å². The van der Waals surface area contributed by atoms with Gasteiger partial charge in [-0.25, -0.2) is 9.78 Å². The van der Waals surface area contributed by atoms with E-state index in [1.54, 1.807) is 44.9 Å². The minimum absolute atomic E-state index is 0.128. The molecule has 106 valence electrons. The van der Waals surface area contributed by atoms with Crippen LogP contribution < -0.4 is 10.6 Å². The van der Waals surface area contributed by atoms with E-state index >= 15 is 0 Å². The molecule has 0 atom stereocenters. The Morgan fingerprint density at radius 3 is 2.68 bits per heavy atom. The lowest BCUT2D eigenvalue weighted by Crippen LogP contribution is -2.33. The number of amides is 2. The number of nitrogens with zero attached hydrogens (tertiary/aromatic N) is 2. The van der Waals surface area contributed by atoms with Crippen molar-refractivity contribution in [3.63, 3.8) is 0 Å². The fraction of sp³-hybridized carbons (Fsp3) is 0.583. The van der Waals surface area contributed by atoms with Crippen LogP contribution in [-0.4, -0.2) is 34.2 Å². The molecule has 1 aromatic heterocycles. The molecule has 0 aliphatic rings. The van der Waals surface area contributed by atoms with Gasteiger partial charge < -0.3 is 19.9 Å². The van der Waals surface area contributed by atoms with E-state index in [-0.39, 0.29) is 19.0 Å². The number of ether oxygens (including phenoxy) is 1. The first-order chi connectivity index (χ1) is 8.81. The molecule has 1 rings (SSSR count). The molecular weight excluding hydrogens is 248 g/mol. The molecule has 7 heteroatoms. The Balaban J connectivity index is 2.52. The maximum absolute atomic E-state index is 11.5. The van der Waals surface area contributed by atoms with Crippen LogP contribution in [0.2, 0.25) is 0 Å². The zero-order chi connectivity index (χ0) is 14.5. The van der Waals surface area contributed by atoms with Crippen molar-refractivity contribution in [3.8, 4) is 0 Å². The number of hydrogen-bond donors (Lipinski definition) is 2. The number of imidazole rings is 1. The van der Waals surface area contributed by atoms with Gasteiger partial charge in [-0.3, -0.25) is 4.79 Å². The summed E-state index contributed by atoms with van der Waals surface area (Å²) < 4.78 is 6.78. The summed E-state index contributed by atoms with van der Waals surface area (Å²) in [7, 11) is 1.57. The summed E-state index contributed by atoms with van der Waals surface area (Å²) in [6.45, 7) is 5.81. The summed E-state index contributed by atoms with van der Waals surface area (Å²) in [4.78, 5) is 26.7. The fourth-order valence-electron chi connectivity index (χ4n) is 1.35. The molecule has 0 radical (unpaired) electrons. The van der Waals surface area contributed by atoms with E-state index in [0.29, 0.717) is 0 Å². The maximum Gasteiger partial charge on any atom is 0.407 e. The summed E-state index contributed by atoms with van der Waals surface area (Å²) in [5.74, 6) is -0.128. The Labute approximate surface area is 112 Å². The molecular formula is C12H20N4O3. The first kappa shape index (κ1) is 15.0. The highest BCUT2D eigenvalue weighted by Gasteiger charge is 2.16. The van der Waals surface area contributed by atoms with Crippen molar-refractivity contribution in [3.05, 3.63) is 18.2 Å². The van der Waals surface area contributed by atoms with E-state index in [4.69, 9.17) is 4.74 Å². The van der Waals surface area contributed by atoms with Crippen LogP contribution in [0.25, 0.3) is 0 Å². The molecule has 2 amide bonds. The lowest BCUT2D eigenvalue weighted by Gasteiger charge is -2.19. The highest BCUT2D eigenvalue weighted by atomic mass is 16.6. The van der Waals surface area contributed by atoms with Crippen molar-refractivity contribution in [2.75, 3.05) is 7.05 Å². The van der Waals surface area contributed by atoms with E-state index in [9.17, 15) is 9.59 Å². The quantitative estimate of drug-likeness (QED) is 0.839. The Morgan fingerprint density at radius 2 is 2.11 bits per heavy atom. The van der Waals surface area contributed by atoms with Gasteiger partial charge in [-0.1, -0.05) is 0 Å². The van der Waals surface area contributed by atoms with Crippen molar-refractivity contribution in [2.45, 2.75) is 39.5 Å². The second kappa shape index (κ2) is 6.21. The monoisotopic (exact) mass is 268 g/mol. The first-order valence-electron chi connectivity index (χ1n) is 5.98. The van der Waals surface area contributed by atoms with Crippen LogP contribution in [-0.2, 0) is 22.6 Å². The Hall–Kier alpha value is -2.05. The Bertz CT molecular complexity index is 448. The molecule has 0 unspecified atom stereocenters. The van der Waals surface area contributed by atoms with Gasteiger partial charge in [-0.05, 0) is 20.8 Å². The van der Waals surface area contributed by atoms with Gasteiger partial charge in [-0.2, -0.15) is 0 Å². The minimum atomic E-state index is -0.535. The summed E-state index contributed by atoms with van der Waals surface area (Å²) >= 11 is 0. The number of nitrogens with one attached hydrogen (secondary N) is 2. The zero-order valence-electron chi connectivity index (χ0n) is 11.7. The van der Waals surface area contributed by atoms with Crippen LogP contribution in [0.5, 0.6) is 0 Å². The van der Waals surface area contributed by atoms with Gasteiger partial charge in [0.2, 0.25) is 5.91 Å². The second-order valence-electron chi connectivity index (χ2n) is 5.04. The number of carbonyl (C=O) groups excluding carboxylic acids is 2. The van der Waals surface area contributed by atoms with Crippen LogP contribution in [0.3, 0.4) is 0 Å². The van der Waals surface area contributed by atoms with E-state index in [1.165, 1.54) is 0 Å². The van der Waals surface area contributed by atoms with Gasteiger partial charge in [-0.15, -0.1) is 0 Å². The highest BCUT2D eigenvalue weighted by molar-refractivity contribution is 5.75. The molecule has 1 heterocycles. The fourth-order valence-corrected chi connectivity index (χ4v) is 1.35. The largest absolute Gasteiger partial charge is 0.444 e. The number of likely N-dealkylation sites (N-methyl/N-ethyl adjacent to an activating group) is 1. The molecule has 0 saturated carbocycles. The van der Waals surface area contributed by atoms with Crippen molar-refractivity contribution >= 4 is 12.0 Å². The molecule has 0 aromatic carbocycles. The Morgan fingerprint density at radius 1 is 1.42 bits per heavy atom. The van der Waals surface area contributed by atoms with Crippen molar-refractivity contribution in [1.29, 1.82) is 0 Å². The van der Waals surface area contributed by atoms with Gasteiger partial charge in [0, 0.05) is 13.2 Å². The predicted octanol–water partition coefficient (Wildman–Crippen LogP) is 0.654. The molecule has 2 N–H and O–H groups in total. The lowest BCUT2D eigenvalue weighted by atomic mass is 10.2. The van der Waals surface area contributed by atoms with E-state index in [1.807, 2.05) is 0 Å². The smallest absolute Gasteiger partial charge is 0.407 e. The van der Waals surface area contributed by atoms with Crippen molar-refractivity contribution < 1.29 is 14.3 Å². The lowest BCUT2D eigenvalue weighted by molar-refractivity contribution is -0.121. The third kappa shape index (κ3) is 5.41. The van der Waals surface area contributed by atoms with Gasteiger partial charge >= 0.3 is 6.09 Å². The molecule has 0 saturated heterocycles. The van der Waals surface area contributed by atoms with Crippen LogP contribution in [0.1, 0.15) is 26.5 Å². The van der Waals surface area contributed by atoms with Gasteiger partial charge in [0.1, 0.15) is 12.1 Å². The highest BCUT2D eigenvalue weighted by Crippen LogP contribution is 2.07. The Kier molecular flexibility index (Phi) is 4.91. The number of aromatic nitrogens is 2.